The monoisotopic (exact) mass is 284 g/mol. The summed E-state index contributed by atoms with van der Waals surface area (Å²) in [7, 11) is 1.92. The van der Waals surface area contributed by atoms with E-state index in [0.717, 1.165) is 36.1 Å². The number of nitrogens with zero attached hydrogens (tertiary/aromatic N) is 1. The number of hydrogen-bond acceptors (Lipinski definition) is 2. The van der Waals surface area contributed by atoms with Crippen LogP contribution in [0.15, 0.2) is 36.5 Å². The molecule has 3 rings (SSSR count). The van der Waals surface area contributed by atoms with Gasteiger partial charge in [0.25, 0.3) is 0 Å². The minimum Gasteiger partial charge on any atom is -0.313 e. The zero-order valence-corrected chi connectivity index (χ0v) is 12.6. The van der Waals surface area contributed by atoms with E-state index in [2.05, 4.69) is 23.3 Å². The Hall–Kier alpha value is -1.74. The Morgan fingerprint density at radius 1 is 1.33 bits per heavy atom. The molecule has 0 amide bonds. The van der Waals surface area contributed by atoms with E-state index in [4.69, 9.17) is 0 Å². The molecule has 2 atom stereocenters. The number of fused-ring (bicyclic) bond motifs is 1. The largest absolute Gasteiger partial charge is 0.313 e. The Morgan fingerprint density at radius 3 is 3.00 bits per heavy atom. The first-order valence-corrected chi connectivity index (χ1v) is 7.61. The van der Waals surface area contributed by atoms with Crippen LogP contribution in [0.4, 0.5) is 4.39 Å². The molecule has 110 valence electrons. The first kappa shape index (κ1) is 14.2. The Morgan fingerprint density at radius 2 is 2.19 bits per heavy atom. The van der Waals surface area contributed by atoms with Gasteiger partial charge in [-0.2, -0.15) is 0 Å². The van der Waals surface area contributed by atoms with Gasteiger partial charge in [-0.15, -0.1) is 0 Å². The number of benzene rings is 1. The summed E-state index contributed by atoms with van der Waals surface area (Å²) in [6.07, 6.45) is 4.93. The molecule has 0 fully saturated rings. The van der Waals surface area contributed by atoms with E-state index < -0.39 is 0 Å². The molecule has 2 unspecified atom stereocenters. The number of aromatic nitrogens is 1. The quantitative estimate of drug-likeness (QED) is 0.922. The smallest absolute Gasteiger partial charge is 0.127 e. The van der Waals surface area contributed by atoms with Crippen molar-refractivity contribution >= 4 is 0 Å². The lowest BCUT2D eigenvalue weighted by Crippen LogP contribution is -2.16. The van der Waals surface area contributed by atoms with Crippen molar-refractivity contribution in [3.63, 3.8) is 0 Å². The lowest BCUT2D eigenvalue weighted by atomic mass is 9.81. The predicted octanol–water partition coefficient (Wildman–Crippen LogP) is 3.97. The van der Waals surface area contributed by atoms with Gasteiger partial charge in [-0.3, -0.25) is 4.98 Å². The van der Waals surface area contributed by atoms with E-state index in [9.17, 15) is 4.39 Å². The molecule has 0 radical (unpaired) electrons. The van der Waals surface area contributed by atoms with Gasteiger partial charge in [0, 0.05) is 18.2 Å². The van der Waals surface area contributed by atoms with Crippen LogP contribution in [-0.2, 0) is 6.42 Å². The summed E-state index contributed by atoms with van der Waals surface area (Å²) in [6, 6.07) is 9.77. The summed E-state index contributed by atoms with van der Waals surface area (Å²) in [5.41, 5.74) is 4.23. The Bertz CT molecular complexity index is 639. The second-order valence-corrected chi connectivity index (χ2v) is 5.78. The van der Waals surface area contributed by atoms with E-state index in [1.54, 1.807) is 6.07 Å². The van der Waals surface area contributed by atoms with Gasteiger partial charge in [0.15, 0.2) is 0 Å². The molecule has 0 saturated heterocycles. The van der Waals surface area contributed by atoms with Crippen LogP contribution < -0.4 is 5.32 Å². The maximum absolute atomic E-state index is 14.4. The average Bonchev–Trinajstić information content (AvgIpc) is 2.54. The van der Waals surface area contributed by atoms with E-state index >= 15 is 0 Å². The molecule has 21 heavy (non-hydrogen) atoms. The van der Waals surface area contributed by atoms with Crippen LogP contribution in [0.25, 0.3) is 0 Å². The van der Waals surface area contributed by atoms with Gasteiger partial charge >= 0.3 is 0 Å². The van der Waals surface area contributed by atoms with Gasteiger partial charge in [0.2, 0.25) is 0 Å². The number of aryl methyl sites for hydroxylation is 1. The van der Waals surface area contributed by atoms with Crippen LogP contribution in [0, 0.1) is 5.82 Å². The van der Waals surface area contributed by atoms with Crippen LogP contribution in [0.5, 0.6) is 0 Å². The highest BCUT2D eigenvalue weighted by molar-refractivity contribution is 5.38. The molecule has 1 aromatic carbocycles. The van der Waals surface area contributed by atoms with Crippen LogP contribution in [0.3, 0.4) is 0 Å². The molecule has 1 heterocycles. The van der Waals surface area contributed by atoms with Crippen LogP contribution in [0.2, 0.25) is 0 Å². The number of pyridine rings is 1. The summed E-state index contributed by atoms with van der Waals surface area (Å²) < 4.78 is 14.4. The van der Waals surface area contributed by atoms with Crippen molar-refractivity contribution in [2.24, 2.45) is 0 Å². The third-order valence-corrected chi connectivity index (χ3v) is 4.52. The number of nitrogens with one attached hydrogen (secondary N) is 1. The van der Waals surface area contributed by atoms with Crippen molar-refractivity contribution in [1.82, 2.24) is 10.3 Å². The molecule has 1 aromatic heterocycles. The summed E-state index contributed by atoms with van der Waals surface area (Å²) in [6.45, 7) is 2.09. The summed E-state index contributed by atoms with van der Waals surface area (Å²) in [5.74, 6) is -0.0375. The van der Waals surface area contributed by atoms with Crippen molar-refractivity contribution in [1.29, 1.82) is 0 Å². The minimum absolute atomic E-state index is 0.0824. The van der Waals surface area contributed by atoms with Gasteiger partial charge in [-0.1, -0.05) is 18.2 Å². The van der Waals surface area contributed by atoms with Crippen LogP contribution in [-0.4, -0.2) is 12.0 Å². The van der Waals surface area contributed by atoms with Crippen molar-refractivity contribution < 1.29 is 4.39 Å². The molecule has 1 aliphatic rings. The van der Waals surface area contributed by atoms with E-state index in [1.165, 1.54) is 5.56 Å². The van der Waals surface area contributed by atoms with Crippen molar-refractivity contribution in [3.05, 3.63) is 64.7 Å². The maximum atomic E-state index is 14.4. The molecule has 2 aromatic rings. The van der Waals surface area contributed by atoms with Gasteiger partial charge in [-0.05, 0) is 62.1 Å². The Labute approximate surface area is 125 Å². The second kappa shape index (κ2) is 5.94. The Kier molecular flexibility index (Phi) is 4.02. The van der Waals surface area contributed by atoms with Crippen molar-refractivity contribution in [3.8, 4) is 0 Å². The summed E-state index contributed by atoms with van der Waals surface area (Å²) in [5, 5.41) is 3.21. The Balaban J connectivity index is 2.05. The topological polar surface area (TPSA) is 24.9 Å². The average molecular weight is 284 g/mol. The van der Waals surface area contributed by atoms with Crippen molar-refractivity contribution in [2.75, 3.05) is 7.05 Å². The van der Waals surface area contributed by atoms with E-state index in [1.807, 2.05) is 31.4 Å². The van der Waals surface area contributed by atoms with Crippen LogP contribution in [0.1, 0.15) is 54.1 Å². The standard InChI is InChI=1S/C18H21FN2/c1-12(20-2)14-8-9-17(19)16(11-14)15-7-3-5-13-6-4-10-21-18(13)15/h4,6,8-12,15,20H,3,5,7H2,1-2H3. The molecule has 2 nitrogen and oxygen atoms in total. The van der Waals surface area contributed by atoms with E-state index in [0.29, 0.717) is 0 Å². The summed E-state index contributed by atoms with van der Waals surface area (Å²) >= 11 is 0. The molecule has 0 aliphatic heterocycles. The fourth-order valence-electron chi connectivity index (χ4n) is 3.18. The molecule has 1 aliphatic carbocycles. The minimum atomic E-state index is -0.120. The lowest BCUT2D eigenvalue weighted by Gasteiger charge is -2.25. The van der Waals surface area contributed by atoms with Crippen molar-refractivity contribution in [2.45, 2.75) is 38.1 Å². The van der Waals surface area contributed by atoms with Gasteiger partial charge in [0.1, 0.15) is 5.82 Å². The zero-order chi connectivity index (χ0) is 14.8. The van der Waals surface area contributed by atoms with Crippen LogP contribution >= 0.6 is 0 Å². The maximum Gasteiger partial charge on any atom is 0.127 e. The highest BCUT2D eigenvalue weighted by Gasteiger charge is 2.25. The highest BCUT2D eigenvalue weighted by atomic mass is 19.1. The molecular weight excluding hydrogens is 263 g/mol. The van der Waals surface area contributed by atoms with Gasteiger partial charge in [-0.25, -0.2) is 4.39 Å². The first-order valence-electron chi connectivity index (χ1n) is 7.61. The molecule has 0 spiro atoms. The highest BCUT2D eigenvalue weighted by Crippen LogP contribution is 2.37. The number of hydrogen-bond donors (Lipinski definition) is 1. The third kappa shape index (κ3) is 2.70. The molecule has 0 bridgehead atoms. The molecule has 0 saturated carbocycles. The molecular formula is C18H21FN2. The number of halogens is 1. The van der Waals surface area contributed by atoms with E-state index in [-0.39, 0.29) is 17.8 Å². The lowest BCUT2D eigenvalue weighted by molar-refractivity contribution is 0.546. The zero-order valence-electron chi connectivity index (χ0n) is 12.6. The summed E-state index contributed by atoms with van der Waals surface area (Å²) in [4.78, 5) is 4.53. The van der Waals surface area contributed by atoms with Gasteiger partial charge in [0.05, 0.1) is 5.69 Å². The normalized spacial score (nSPS) is 19.1. The first-order chi connectivity index (χ1) is 10.2. The third-order valence-electron chi connectivity index (χ3n) is 4.52. The molecule has 1 N–H and O–H groups in total. The predicted molar refractivity (Wildman–Crippen MR) is 82.9 cm³/mol. The fourth-order valence-corrected chi connectivity index (χ4v) is 3.18. The SMILES string of the molecule is CNC(C)c1ccc(F)c(C2CCCc3cccnc32)c1. The van der Waals surface area contributed by atoms with Gasteiger partial charge < -0.3 is 5.32 Å². The number of rotatable bonds is 3. The molecule has 3 heteroatoms. The fraction of sp³-hybridized carbons (Fsp3) is 0.389. The second-order valence-electron chi connectivity index (χ2n) is 5.78.